The highest BCUT2D eigenvalue weighted by molar-refractivity contribution is 7.92. The van der Waals surface area contributed by atoms with E-state index < -0.39 is 10.0 Å². The van der Waals surface area contributed by atoms with E-state index in [-0.39, 0.29) is 4.90 Å². The molecule has 1 aromatic heterocycles. The minimum absolute atomic E-state index is 0.173. The second kappa shape index (κ2) is 6.59. The van der Waals surface area contributed by atoms with Crippen LogP contribution in [-0.2, 0) is 10.0 Å². The van der Waals surface area contributed by atoms with Gasteiger partial charge in [-0.05, 0) is 53.6 Å². The monoisotopic (exact) mass is 374 g/mol. The van der Waals surface area contributed by atoms with E-state index in [1.807, 2.05) is 12.1 Å². The van der Waals surface area contributed by atoms with Gasteiger partial charge in [-0.1, -0.05) is 24.3 Å². The maximum Gasteiger partial charge on any atom is 0.261 e. The first-order chi connectivity index (χ1) is 13.0. The van der Waals surface area contributed by atoms with Gasteiger partial charge in [0.05, 0.1) is 28.2 Å². The maximum atomic E-state index is 12.6. The molecule has 6 nitrogen and oxygen atoms in total. The second-order valence-corrected chi connectivity index (χ2v) is 7.67. The van der Waals surface area contributed by atoms with Crippen LogP contribution in [0.3, 0.4) is 0 Å². The summed E-state index contributed by atoms with van der Waals surface area (Å²) in [7, 11) is -3.70. The number of H-pyrrole nitrogens is 1. The van der Waals surface area contributed by atoms with Gasteiger partial charge in [-0.15, -0.1) is 0 Å². The lowest BCUT2D eigenvalue weighted by Crippen LogP contribution is -2.12. The average molecular weight is 374 g/mol. The number of benzene rings is 3. The normalized spacial score (nSPS) is 11.2. The summed E-state index contributed by atoms with van der Waals surface area (Å²) in [5.74, 6) is 0. The van der Waals surface area contributed by atoms with Crippen molar-refractivity contribution in [2.24, 2.45) is 0 Å². The summed E-state index contributed by atoms with van der Waals surface area (Å²) in [4.78, 5) is 0.173. The summed E-state index contributed by atoms with van der Waals surface area (Å²) in [6.07, 6.45) is 1.64. The van der Waals surface area contributed by atoms with E-state index in [9.17, 15) is 8.42 Å². The van der Waals surface area contributed by atoms with Crippen molar-refractivity contribution in [3.8, 4) is 17.2 Å². The van der Waals surface area contributed by atoms with E-state index in [4.69, 9.17) is 5.26 Å². The second-order valence-electron chi connectivity index (χ2n) is 5.99. The van der Waals surface area contributed by atoms with E-state index in [0.29, 0.717) is 11.3 Å². The largest absolute Gasteiger partial charge is 0.280 e. The van der Waals surface area contributed by atoms with Crippen molar-refractivity contribution in [3.05, 3.63) is 78.5 Å². The number of aromatic nitrogens is 2. The molecule has 0 spiro atoms. The number of hydrogen-bond donors (Lipinski definition) is 2. The molecule has 2 N–H and O–H groups in total. The molecular formula is C20H14N4O2S. The van der Waals surface area contributed by atoms with E-state index in [1.54, 1.807) is 60.8 Å². The van der Waals surface area contributed by atoms with E-state index in [0.717, 1.165) is 22.0 Å². The Morgan fingerprint density at radius 1 is 0.926 bits per heavy atom. The zero-order valence-electron chi connectivity index (χ0n) is 14.0. The third kappa shape index (κ3) is 3.38. The number of aromatic amines is 1. The lowest BCUT2D eigenvalue weighted by molar-refractivity contribution is 0.601. The summed E-state index contributed by atoms with van der Waals surface area (Å²) in [6, 6.07) is 21.0. The van der Waals surface area contributed by atoms with Crippen LogP contribution in [0.15, 0.2) is 77.8 Å². The topological polar surface area (TPSA) is 98.6 Å². The Labute approximate surface area is 156 Å². The fourth-order valence-corrected chi connectivity index (χ4v) is 3.83. The summed E-state index contributed by atoms with van der Waals surface area (Å²) in [5, 5.41) is 16.4. The van der Waals surface area contributed by atoms with Crippen LogP contribution in [0.5, 0.6) is 0 Å². The third-order valence-electron chi connectivity index (χ3n) is 4.20. The molecule has 0 atom stereocenters. The van der Waals surface area contributed by atoms with Crippen molar-refractivity contribution in [1.82, 2.24) is 10.2 Å². The van der Waals surface area contributed by atoms with E-state index in [2.05, 4.69) is 21.0 Å². The highest BCUT2D eigenvalue weighted by Gasteiger charge is 2.14. The number of nitrogens with one attached hydrogen (secondary N) is 2. The van der Waals surface area contributed by atoms with Gasteiger partial charge in [-0.25, -0.2) is 8.42 Å². The molecule has 132 valence electrons. The number of rotatable bonds is 4. The molecule has 0 saturated heterocycles. The van der Waals surface area contributed by atoms with Gasteiger partial charge in [0, 0.05) is 11.1 Å². The van der Waals surface area contributed by atoms with Crippen LogP contribution in [0.25, 0.3) is 22.0 Å². The molecule has 0 unspecified atom stereocenters. The molecule has 0 fully saturated rings. The maximum absolute atomic E-state index is 12.6. The van der Waals surface area contributed by atoms with Crippen LogP contribution in [0.1, 0.15) is 5.56 Å². The van der Waals surface area contributed by atoms with Crippen LogP contribution in [0.4, 0.5) is 5.69 Å². The van der Waals surface area contributed by atoms with E-state index >= 15 is 0 Å². The first-order valence-electron chi connectivity index (χ1n) is 8.12. The predicted molar refractivity (Wildman–Crippen MR) is 103 cm³/mol. The lowest BCUT2D eigenvalue weighted by Gasteiger charge is -2.09. The summed E-state index contributed by atoms with van der Waals surface area (Å²) in [5.41, 5.74) is 3.68. The number of sulfonamides is 1. The number of nitriles is 1. The number of nitrogens with zero attached hydrogens (tertiary/aromatic N) is 2. The standard InChI is InChI=1S/C20H14N4O2S/c21-12-14-1-3-15(4-2-14)16-5-8-19(9-6-16)27(25,26)24-18-7-10-20-17(11-18)13-22-23-20/h1-11,13,24H,(H,22,23). The smallest absolute Gasteiger partial charge is 0.261 e. The Hall–Kier alpha value is -3.63. The van der Waals surface area contributed by atoms with Crippen LogP contribution in [-0.4, -0.2) is 18.6 Å². The van der Waals surface area contributed by atoms with Gasteiger partial charge in [0.2, 0.25) is 0 Å². The Kier molecular flexibility index (Phi) is 4.11. The number of anilines is 1. The fraction of sp³-hybridized carbons (Fsp3) is 0. The quantitative estimate of drug-likeness (QED) is 0.566. The SMILES string of the molecule is N#Cc1ccc(-c2ccc(S(=O)(=O)Nc3ccc4[nH]ncc4c3)cc2)cc1. The van der Waals surface area contributed by atoms with Crippen LogP contribution in [0, 0.1) is 11.3 Å². The lowest BCUT2D eigenvalue weighted by atomic mass is 10.0. The zero-order valence-corrected chi connectivity index (χ0v) is 14.9. The van der Waals surface area contributed by atoms with Gasteiger partial charge in [-0.2, -0.15) is 10.4 Å². The molecule has 1 heterocycles. The molecular weight excluding hydrogens is 360 g/mol. The zero-order chi connectivity index (χ0) is 18.9. The molecule has 0 aliphatic heterocycles. The highest BCUT2D eigenvalue weighted by atomic mass is 32.2. The van der Waals surface area contributed by atoms with Crippen LogP contribution < -0.4 is 4.72 Å². The van der Waals surface area contributed by atoms with E-state index in [1.165, 1.54) is 0 Å². The first kappa shape index (κ1) is 16.8. The predicted octanol–water partition coefficient (Wildman–Crippen LogP) is 3.90. The highest BCUT2D eigenvalue weighted by Crippen LogP contribution is 2.24. The summed E-state index contributed by atoms with van der Waals surface area (Å²) < 4.78 is 27.9. The van der Waals surface area contributed by atoms with Crippen molar-refractivity contribution >= 4 is 26.6 Å². The Bertz CT molecular complexity index is 1250. The molecule has 0 amide bonds. The average Bonchev–Trinajstić information content (AvgIpc) is 3.16. The first-order valence-corrected chi connectivity index (χ1v) is 9.60. The summed E-state index contributed by atoms with van der Waals surface area (Å²) in [6.45, 7) is 0. The van der Waals surface area contributed by atoms with Crippen molar-refractivity contribution in [2.45, 2.75) is 4.90 Å². The number of fused-ring (bicyclic) bond motifs is 1. The molecule has 4 rings (SSSR count). The van der Waals surface area contributed by atoms with Gasteiger partial charge in [0.25, 0.3) is 10.0 Å². The Balaban J connectivity index is 1.58. The fourth-order valence-electron chi connectivity index (χ4n) is 2.78. The van der Waals surface area contributed by atoms with Crippen LogP contribution >= 0.6 is 0 Å². The van der Waals surface area contributed by atoms with Crippen molar-refractivity contribution < 1.29 is 8.42 Å². The molecule has 0 saturated carbocycles. The minimum Gasteiger partial charge on any atom is -0.280 e. The molecule has 0 aliphatic carbocycles. The molecule has 0 bridgehead atoms. The molecule has 27 heavy (non-hydrogen) atoms. The number of hydrogen-bond acceptors (Lipinski definition) is 4. The Morgan fingerprint density at radius 2 is 1.59 bits per heavy atom. The van der Waals surface area contributed by atoms with Gasteiger partial charge < -0.3 is 0 Å². The molecule has 0 radical (unpaired) electrons. The van der Waals surface area contributed by atoms with Gasteiger partial charge in [0.15, 0.2) is 0 Å². The molecule has 0 aliphatic rings. The minimum atomic E-state index is -3.70. The third-order valence-corrected chi connectivity index (χ3v) is 5.60. The van der Waals surface area contributed by atoms with Crippen LogP contribution in [0.2, 0.25) is 0 Å². The molecule has 7 heteroatoms. The van der Waals surface area contributed by atoms with Gasteiger partial charge in [-0.3, -0.25) is 9.82 Å². The van der Waals surface area contributed by atoms with Gasteiger partial charge in [0.1, 0.15) is 0 Å². The van der Waals surface area contributed by atoms with Crippen molar-refractivity contribution in [2.75, 3.05) is 4.72 Å². The van der Waals surface area contributed by atoms with Gasteiger partial charge >= 0.3 is 0 Å². The van der Waals surface area contributed by atoms with Crippen molar-refractivity contribution in [3.63, 3.8) is 0 Å². The molecule has 4 aromatic rings. The Morgan fingerprint density at radius 3 is 2.26 bits per heavy atom. The molecule has 3 aromatic carbocycles. The van der Waals surface area contributed by atoms with Crippen molar-refractivity contribution in [1.29, 1.82) is 5.26 Å². The summed E-state index contributed by atoms with van der Waals surface area (Å²) >= 11 is 0.